The molecule has 0 radical (unpaired) electrons. The molecule has 2 N–H and O–H groups in total. The molecule has 1 saturated carbocycles. The van der Waals surface area contributed by atoms with Crippen molar-refractivity contribution in [3.63, 3.8) is 0 Å². The summed E-state index contributed by atoms with van der Waals surface area (Å²) in [7, 11) is 1.64. The lowest BCUT2D eigenvalue weighted by molar-refractivity contribution is 0.408. The van der Waals surface area contributed by atoms with Crippen LogP contribution in [0.3, 0.4) is 0 Å². The molecule has 0 heterocycles. The lowest BCUT2D eigenvalue weighted by atomic mass is 10.1. The fourth-order valence-electron chi connectivity index (χ4n) is 1.86. The molecule has 1 aromatic rings. The lowest BCUT2D eigenvalue weighted by Gasteiger charge is -2.14. The molecular weight excluding hydrogens is 202 g/mol. The van der Waals surface area contributed by atoms with Crippen molar-refractivity contribution in [1.82, 2.24) is 5.32 Å². The van der Waals surface area contributed by atoms with Crippen LogP contribution in [0.1, 0.15) is 25.3 Å². The number of phenolic OH excluding ortho intramolecular Hbond substituents is 1. The van der Waals surface area contributed by atoms with Crippen LogP contribution in [-0.2, 0) is 6.54 Å². The number of benzene rings is 1. The topological polar surface area (TPSA) is 41.5 Å². The van der Waals surface area contributed by atoms with Crippen molar-refractivity contribution in [2.75, 3.05) is 7.11 Å². The van der Waals surface area contributed by atoms with E-state index in [4.69, 9.17) is 4.74 Å². The van der Waals surface area contributed by atoms with Crippen molar-refractivity contribution < 1.29 is 9.84 Å². The van der Waals surface area contributed by atoms with Gasteiger partial charge in [-0.3, -0.25) is 0 Å². The predicted octanol–water partition coefficient (Wildman–Crippen LogP) is 2.29. The fraction of sp³-hybridized carbons (Fsp3) is 0.538. The van der Waals surface area contributed by atoms with Gasteiger partial charge in [-0.25, -0.2) is 0 Å². The summed E-state index contributed by atoms with van der Waals surface area (Å²) in [5.74, 6) is 1.94. The van der Waals surface area contributed by atoms with Crippen molar-refractivity contribution in [2.45, 2.75) is 32.4 Å². The Morgan fingerprint density at radius 3 is 2.88 bits per heavy atom. The van der Waals surface area contributed by atoms with Gasteiger partial charge in [-0.05, 0) is 43.9 Å². The van der Waals surface area contributed by atoms with Gasteiger partial charge in [0.2, 0.25) is 0 Å². The van der Waals surface area contributed by atoms with Crippen LogP contribution in [0.25, 0.3) is 0 Å². The Bertz CT molecular complexity index is 361. The quantitative estimate of drug-likeness (QED) is 0.801. The normalized spacial score (nSPS) is 17.1. The molecule has 0 amide bonds. The zero-order valence-electron chi connectivity index (χ0n) is 9.86. The van der Waals surface area contributed by atoms with Crippen molar-refractivity contribution in [1.29, 1.82) is 0 Å². The molecule has 1 unspecified atom stereocenters. The van der Waals surface area contributed by atoms with Gasteiger partial charge < -0.3 is 15.2 Å². The Morgan fingerprint density at radius 1 is 1.50 bits per heavy atom. The summed E-state index contributed by atoms with van der Waals surface area (Å²) < 4.78 is 5.14. The second-order valence-corrected chi connectivity index (χ2v) is 4.50. The second kappa shape index (κ2) is 4.74. The minimum atomic E-state index is 0.330. The fourth-order valence-corrected chi connectivity index (χ4v) is 1.86. The first kappa shape index (κ1) is 11.3. The minimum Gasteiger partial charge on any atom is -0.508 e. The molecule has 1 aliphatic carbocycles. The molecule has 16 heavy (non-hydrogen) atoms. The van der Waals surface area contributed by atoms with Crippen LogP contribution >= 0.6 is 0 Å². The van der Waals surface area contributed by atoms with E-state index in [1.54, 1.807) is 19.2 Å². The highest BCUT2D eigenvalue weighted by molar-refractivity contribution is 5.39. The predicted molar refractivity (Wildman–Crippen MR) is 63.7 cm³/mol. The van der Waals surface area contributed by atoms with Gasteiger partial charge in [-0.15, -0.1) is 0 Å². The summed E-state index contributed by atoms with van der Waals surface area (Å²) in [5, 5.41) is 13.1. The molecule has 0 spiro atoms. The molecular formula is C13H19NO2. The van der Waals surface area contributed by atoms with Gasteiger partial charge in [0, 0.05) is 18.2 Å². The second-order valence-electron chi connectivity index (χ2n) is 4.50. The van der Waals surface area contributed by atoms with Gasteiger partial charge in [0.25, 0.3) is 0 Å². The van der Waals surface area contributed by atoms with Gasteiger partial charge in [0.1, 0.15) is 11.5 Å². The van der Waals surface area contributed by atoms with Crippen LogP contribution in [0.4, 0.5) is 0 Å². The van der Waals surface area contributed by atoms with Crippen LogP contribution in [0, 0.1) is 5.92 Å². The van der Waals surface area contributed by atoms with E-state index in [2.05, 4.69) is 12.2 Å². The van der Waals surface area contributed by atoms with Gasteiger partial charge in [0.05, 0.1) is 7.11 Å². The van der Waals surface area contributed by atoms with Crippen LogP contribution < -0.4 is 10.1 Å². The van der Waals surface area contributed by atoms with E-state index in [0.29, 0.717) is 18.3 Å². The third-order valence-electron chi connectivity index (χ3n) is 3.23. The molecule has 3 heteroatoms. The monoisotopic (exact) mass is 221 g/mol. The Kier molecular flexibility index (Phi) is 3.34. The van der Waals surface area contributed by atoms with Gasteiger partial charge in [-0.2, -0.15) is 0 Å². The maximum absolute atomic E-state index is 9.70. The Balaban J connectivity index is 1.96. The number of nitrogens with one attached hydrogen (secondary N) is 1. The van der Waals surface area contributed by atoms with Crippen molar-refractivity contribution in [2.24, 2.45) is 5.92 Å². The first-order valence-electron chi connectivity index (χ1n) is 5.80. The molecule has 0 aromatic heterocycles. The average Bonchev–Trinajstić information content (AvgIpc) is 3.11. The summed E-state index contributed by atoms with van der Waals surface area (Å²) >= 11 is 0. The number of hydrogen-bond acceptors (Lipinski definition) is 3. The number of rotatable bonds is 5. The first-order valence-corrected chi connectivity index (χ1v) is 5.80. The summed E-state index contributed by atoms with van der Waals surface area (Å²) in [4.78, 5) is 0. The highest BCUT2D eigenvalue weighted by Gasteiger charge is 2.27. The molecule has 0 aliphatic heterocycles. The number of aromatic hydroxyl groups is 1. The van der Waals surface area contributed by atoms with Crippen molar-refractivity contribution in [3.8, 4) is 11.5 Å². The number of phenols is 1. The molecule has 1 fully saturated rings. The molecule has 0 bridgehead atoms. The highest BCUT2D eigenvalue weighted by Crippen LogP contribution is 2.32. The third kappa shape index (κ3) is 2.67. The van der Waals surface area contributed by atoms with E-state index in [9.17, 15) is 5.11 Å². The molecule has 3 nitrogen and oxygen atoms in total. The van der Waals surface area contributed by atoms with Crippen LogP contribution in [-0.4, -0.2) is 18.3 Å². The maximum Gasteiger partial charge on any atom is 0.120 e. The Morgan fingerprint density at radius 2 is 2.25 bits per heavy atom. The summed E-state index contributed by atoms with van der Waals surface area (Å²) in [6.07, 6.45) is 2.66. The molecule has 1 atom stereocenters. The van der Waals surface area contributed by atoms with E-state index < -0.39 is 0 Å². The molecule has 88 valence electrons. The van der Waals surface area contributed by atoms with Gasteiger partial charge >= 0.3 is 0 Å². The first-order chi connectivity index (χ1) is 7.70. The molecule has 1 aromatic carbocycles. The molecule has 1 aliphatic rings. The lowest BCUT2D eigenvalue weighted by Crippen LogP contribution is -2.27. The van der Waals surface area contributed by atoms with Crippen LogP contribution in [0.2, 0.25) is 0 Å². The average molecular weight is 221 g/mol. The third-order valence-corrected chi connectivity index (χ3v) is 3.23. The van der Waals surface area contributed by atoms with Crippen LogP contribution in [0.5, 0.6) is 11.5 Å². The highest BCUT2D eigenvalue weighted by atomic mass is 16.5. The zero-order chi connectivity index (χ0) is 11.5. The van der Waals surface area contributed by atoms with Gasteiger partial charge in [0.15, 0.2) is 0 Å². The minimum absolute atomic E-state index is 0.330. The van der Waals surface area contributed by atoms with E-state index in [1.807, 2.05) is 6.07 Å². The smallest absolute Gasteiger partial charge is 0.120 e. The maximum atomic E-state index is 9.70. The van der Waals surface area contributed by atoms with Crippen molar-refractivity contribution >= 4 is 0 Å². The Hall–Kier alpha value is -1.22. The van der Waals surface area contributed by atoms with E-state index in [0.717, 1.165) is 17.2 Å². The van der Waals surface area contributed by atoms with E-state index in [1.165, 1.54) is 12.8 Å². The number of methoxy groups -OCH3 is 1. The Labute approximate surface area is 96.4 Å². The summed E-state index contributed by atoms with van der Waals surface area (Å²) in [6, 6.07) is 5.86. The SMILES string of the molecule is COc1ccc(O)c(CNC(C)C2CC2)c1. The van der Waals surface area contributed by atoms with Crippen LogP contribution in [0.15, 0.2) is 18.2 Å². The zero-order valence-corrected chi connectivity index (χ0v) is 9.86. The standard InChI is InChI=1S/C13H19NO2/c1-9(10-3-4-10)14-8-11-7-12(16-2)5-6-13(11)15/h5-7,9-10,14-15H,3-4,8H2,1-2H3. The summed E-state index contributed by atoms with van der Waals surface area (Å²) in [5.41, 5.74) is 0.895. The van der Waals surface area contributed by atoms with Gasteiger partial charge in [-0.1, -0.05) is 0 Å². The number of hydrogen-bond donors (Lipinski definition) is 2. The summed E-state index contributed by atoms with van der Waals surface area (Å²) in [6.45, 7) is 2.90. The number of ether oxygens (including phenoxy) is 1. The molecule has 2 rings (SSSR count). The largest absolute Gasteiger partial charge is 0.508 e. The van der Waals surface area contributed by atoms with Crippen molar-refractivity contribution in [3.05, 3.63) is 23.8 Å². The van der Waals surface area contributed by atoms with E-state index >= 15 is 0 Å². The van der Waals surface area contributed by atoms with E-state index in [-0.39, 0.29) is 0 Å². The molecule has 0 saturated heterocycles.